The van der Waals surface area contributed by atoms with E-state index in [1.807, 2.05) is 0 Å². The van der Waals surface area contributed by atoms with Gasteiger partial charge in [0.1, 0.15) is 5.82 Å². The van der Waals surface area contributed by atoms with Crippen LogP contribution in [0.25, 0.3) is 11.4 Å². The Balaban J connectivity index is 1.93. The molecule has 2 aromatic heterocycles. The molecule has 38 heavy (non-hydrogen) atoms. The van der Waals surface area contributed by atoms with Crippen molar-refractivity contribution in [1.29, 1.82) is 0 Å². The average molecular weight is 547 g/mol. The lowest BCUT2D eigenvalue weighted by Crippen LogP contribution is -2.36. The van der Waals surface area contributed by atoms with Crippen molar-refractivity contribution in [2.24, 2.45) is 0 Å². The maximum absolute atomic E-state index is 13.6. The normalized spacial score (nSPS) is 11.8. The average Bonchev–Trinajstić information content (AvgIpc) is 3.23. The molecule has 3 rings (SSSR count). The number of carbonyl (C=O) groups excluding carboxylic acids is 2. The lowest BCUT2D eigenvalue weighted by molar-refractivity contribution is -0.173. The van der Waals surface area contributed by atoms with E-state index in [1.54, 1.807) is 5.32 Å². The van der Waals surface area contributed by atoms with Crippen LogP contribution in [0.3, 0.4) is 0 Å². The van der Waals surface area contributed by atoms with Crippen LogP contribution < -0.4 is 10.6 Å². The molecule has 0 atom stereocenters. The Morgan fingerprint density at radius 1 is 1.05 bits per heavy atom. The second-order valence-corrected chi connectivity index (χ2v) is 8.05. The largest absolute Gasteiger partial charge is 0.471 e. The smallest absolute Gasteiger partial charge is 0.349 e. The minimum Gasteiger partial charge on any atom is -0.349 e. The van der Waals surface area contributed by atoms with E-state index in [2.05, 4.69) is 20.4 Å². The zero-order valence-corrected chi connectivity index (χ0v) is 19.8. The second kappa shape index (κ2) is 11.0. The van der Waals surface area contributed by atoms with Crippen molar-refractivity contribution in [2.45, 2.75) is 31.9 Å². The standard InChI is InChI=1S/C22H20F7N7O2/c1-35(2)17(37)6-8-36-18(12-5-7-30-14(9-12)11-31-19(38)22(27,28)29)33-20(34-36)32-13-3-4-16(23)15(10-13)21(24,25)26/h3-5,7,9-10H,6,8,11H2,1-2H3,(H,31,38)(H,32,34). The molecule has 2 N–H and O–H groups in total. The Bertz CT molecular complexity index is 1320. The number of hydrogen-bond donors (Lipinski definition) is 2. The predicted octanol–water partition coefficient (Wildman–Crippen LogP) is 3.90. The third-order valence-corrected chi connectivity index (χ3v) is 5.00. The van der Waals surface area contributed by atoms with E-state index in [0.717, 1.165) is 6.07 Å². The fourth-order valence-corrected chi connectivity index (χ4v) is 3.12. The molecule has 0 aliphatic rings. The number of alkyl halides is 6. The third-order valence-electron chi connectivity index (χ3n) is 5.00. The highest BCUT2D eigenvalue weighted by Gasteiger charge is 2.38. The van der Waals surface area contributed by atoms with Crippen LogP contribution in [0.4, 0.5) is 42.4 Å². The van der Waals surface area contributed by atoms with Crippen LogP contribution >= 0.6 is 0 Å². The zero-order valence-electron chi connectivity index (χ0n) is 19.8. The minimum atomic E-state index is -5.08. The molecule has 0 unspecified atom stereocenters. The van der Waals surface area contributed by atoms with Crippen LogP contribution in [-0.4, -0.2) is 56.7 Å². The molecular formula is C22H20F7N7O2. The molecule has 16 heteroatoms. The van der Waals surface area contributed by atoms with Gasteiger partial charge in [0.2, 0.25) is 11.9 Å². The Kier molecular flexibility index (Phi) is 8.22. The van der Waals surface area contributed by atoms with Gasteiger partial charge in [-0.2, -0.15) is 31.3 Å². The second-order valence-electron chi connectivity index (χ2n) is 8.05. The van der Waals surface area contributed by atoms with E-state index in [-0.39, 0.29) is 47.6 Å². The van der Waals surface area contributed by atoms with Gasteiger partial charge in [0.05, 0.1) is 24.3 Å². The van der Waals surface area contributed by atoms with Gasteiger partial charge in [-0.25, -0.2) is 9.07 Å². The number of aromatic nitrogens is 4. The molecule has 0 radical (unpaired) electrons. The molecule has 0 fully saturated rings. The summed E-state index contributed by atoms with van der Waals surface area (Å²) in [5.41, 5.74) is -1.35. The Hall–Kier alpha value is -4.24. The van der Waals surface area contributed by atoms with Crippen molar-refractivity contribution < 1.29 is 40.3 Å². The molecule has 0 spiro atoms. The fourth-order valence-electron chi connectivity index (χ4n) is 3.12. The Morgan fingerprint density at radius 2 is 1.76 bits per heavy atom. The maximum atomic E-state index is 13.6. The summed E-state index contributed by atoms with van der Waals surface area (Å²) in [6, 6.07) is 4.98. The van der Waals surface area contributed by atoms with E-state index in [4.69, 9.17) is 0 Å². The summed E-state index contributed by atoms with van der Waals surface area (Å²) in [6.07, 6.45) is -8.81. The number of benzene rings is 1. The highest BCUT2D eigenvalue weighted by molar-refractivity contribution is 5.81. The first-order valence-corrected chi connectivity index (χ1v) is 10.7. The van der Waals surface area contributed by atoms with Gasteiger partial charge >= 0.3 is 18.3 Å². The van der Waals surface area contributed by atoms with Crippen LogP contribution in [0.15, 0.2) is 36.5 Å². The van der Waals surface area contributed by atoms with Gasteiger partial charge in [0.25, 0.3) is 0 Å². The highest BCUT2D eigenvalue weighted by atomic mass is 19.4. The monoisotopic (exact) mass is 547 g/mol. The molecule has 0 aliphatic carbocycles. The number of aryl methyl sites for hydroxylation is 1. The van der Waals surface area contributed by atoms with Crippen molar-refractivity contribution in [3.63, 3.8) is 0 Å². The van der Waals surface area contributed by atoms with Gasteiger partial charge in [-0.15, -0.1) is 5.10 Å². The van der Waals surface area contributed by atoms with Crippen molar-refractivity contribution >= 4 is 23.5 Å². The van der Waals surface area contributed by atoms with Gasteiger partial charge in [0, 0.05) is 38.0 Å². The fraction of sp³-hybridized carbons (Fsp3) is 0.318. The van der Waals surface area contributed by atoms with Crippen LogP contribution in [0.5, 0.6) is 0 Å². The van der Waals surface area contributed by atoms with Gasteiger partial charge < -0.3 is 15.5 Å². The number of nitrogens with zero attached hydrogens (tertiary/aromatic N) is 5. The summed E-state index contributed by atoms with van der Waals surface area (Å²) in [7, 11) is 3.07. The first kappa shape index (κ1) is 28.3. The third kappa shape index (κ3) is 7.17. The van der Waals surface area contributed by atoms with Gasteiger partial charge in [-0.1, -0.05) is 0 Å². The Labute approximate surface area is 210 Å². The maximum Gasteiger partial charge on any atom is 0.471 e. The molecule has 0 bridgehead atoms. The zero-order chi connectivity index (χ0) is 28.3. The number of halogens is 7. The summed E-state index contributed by atoms with van der Waals surface area (Å²) >= 11 is 0. The molecule has 2 amide bonds. The summed E-state index contributed by atoms with van der Waals surface area (Å²) in [6.45, 7) is -0.568. The number of nitrogens with one attached hydrogen (secondary N) is 2. The summed E-state index contributed by atoms with van der Waals surface area (Å²) in [5, 5.41) is 8.42. The molecule has 2 heterocycles. The van der Waals surface area contributed by atoms with E-state index in [1.165, 1.54) is 42.0 Å². The minimum absolute atomic E-state index is 0.0132. The van der Waals surface area contributed by atoms with E-state index < -0.39 is 36.2 Å². The predicted molar refractivity (Wildman–Crippen MR) is 119 cm³/mol. The highest BCUT2D eigenvalue weighted by Crippen LogP contribution is 2.33. The SMILES string of the molecule is CN(C)C(=O)CCn1nc(Nc2ccc(F)c(C(F)(F)F)c2)nc1-c1ccnc(CNC(=O)C(F)(F)F)c1. The van der Waals surface area contributed by atoms with Crippen LogP contribution in [0.1, 0.15) is 17.7 Å². The molecule has 9 nitrogen and oxygen atoms in total. The van der Waals surface area contributed by atoms with Gasteiger partial charge in [-0.05, 0) is 30.3 Å². The number of pyridine rings is 1. The first-order chi connectivity index (χ1) is 17.6. The van der Waals surface area contributed by atoms with Crippen molar-refractivity contribution in [3.05, 3.63) is 53.6 Å². The topological polar surface area (TPSA) is 105 Å². The lowest BCUT2D eigenvalue weighted by Gasteiger charge is -2.11. The van der Waals surface area contributed by atoms with E-state index in [9.17, 15) is 40.3 Å². The van der Waals surface area contributed by atoms with E-state index >= 15 is 0 Å². The van der Waals surface area contributed by atoms with Gasteiger partial charge in [-0.3, -0.25) is 14.6 Å². The molecule has 0 aliphatic heterocycles. The first-order valence-electron chi connectivity index (χ1n) is 10.7. The Morgan fingerprint density at radius 3 is 2.39 bits per heavy atom. The number of carbonyl (C=O) groups is 2. The molecule has 3 aromatic rings. The summed E-state index contributed by atoms with van der Waals surface area (Å²) in [5.74, 6) is -3.98. The van der Waals surface area contributed by atoms with Crippen LogP contribution in [0, 0.1) is 5.82 Å². The van der Waals surface area contributed by atoms with Crippen molar-refractivity contribution in [3.8, 4) is 11.4 Å². The van der Waals surface area contributed by atoms with Crippen LogP contribution in [0.2, 0.25) is 0 Å². The number of hydrogen-bond acceptors (Lipinski definition) is 6. The van der Waals surface area contributed by atoms with Gasteiger partial charge in [0.15, 0.2) is 5.82 Å². The van der Waals surface area contributed by atoms with Crippen LogP contribution in [-0.2, 0) is 28.9 Å². The summed E-state index contributed by atoms with van der Waals surface area (Å²) < 4.78 is 91.6. The summed E-state index contributed by atoms with van der Waals surface area (Å²) in [4.78, 5) is 32.7. The molecule has 204 valence electrons. The molecule has 0 saturated heterocycles. The quantitative estimate of drug-likeness (QED) is 0.415. The van der Waals surface area contributed by atoms with E-state index in [0.29, 0.717) is 12.1 Å². The number of amides is 2. The molecule has 0 saturated carbocycles. The number of anilines is 2. The van der Waals surface area contributed by atoms with Crippen molar-refractivity contribution in [1.82, 2.24) is 30.0 Å². The molecule has 1 aromatic carbocycles. The number of rotatable bonds is 8. The van der Waals surface area contributed by atoms with Crippen molar-refractivity contribution in [2.75, 3.05) is 19.4 Å². The molecular weight excluding hydrogens is 527 g/mol. The lowest BCUT2D eigenvalue weighted by atomic mass is 10.2.